The van der Waals surface area contributed by atoms with E-state index in [1.165, 1.54) is 12.3 Å². The zero-order chi connectivity index (χ0) is 18.4. The topological polar surface area (TPSA) is 74.1 Å². The van der Waals surface area contributed by atoms with E-state index in [-0.39, 0.29) is 10.6 Å². The summed E-state index contributed by atoms with van der Waals surface area (Å²) in [6.07, 6.45) is 1.33. The van der Waals surface area contributed by atoms with Gasteiger partial charge in [-0.25, -0.2) is 0 Å². The van der Waals surface area contributed by atoms with Crippen LogP contribution in [0.25, 0.3) is 0 Å². The fourth-order valence-corrected chi connectivity index (χ4v) is 3.03. The van der Waals surface area contributed by atoms with E-state index in [1.807, 2.05) is 12.1 Å². The predicted octanol–water partition coefficient (Wildman–Crippen LogP) is 5.06. The Balaban J connectivity index is 2.12. The smallest absolute Gasteiger partial charge is 0.267 e. The van der Waals surface area contributed by atoms with E-state index >= 15 is 0 Å². The number of nitrogens with zero attached hydrogens (tertiary/aromatic N) is 1. The first kappa shape index (κ1) is 19.4. The summed E-state index contributed by atoms with van der Waals surface area (Å²) in [6.45, 7) is 0. The van der Waals surface area contributed by atoms with Crippen molar-refractivity contribution in [2.75, 3.05) is 17.7 Å². The van der Waals surface area contributed by atoms with Crippen LogP contribution < -0.4 is 15.4 Å². The van der Waals surface area contributed by atoms with Crippen LogP contribution in [-0.2, 0) is 4.79 Å². The van der Waals surface area contributed by atoms with E-state index in [4.69, 9.17) is 27.9 Å². The molecule has 0 radical (unpaired) electrons. The van der Waals surface area contributed by atoms with Gasteiger partial charge in [0.25, 0.3) is 5.91 Å². The van der Waals surface area contributed by atoms with E-state index in [1.54, 1.807) is 31.4 Å². The minimum atomic E-state index is -0.581. The summed E-state index contributed by atoms with van der Waals surface area (Å²) in [7, 11) is 1.59. The van der Waals surface area contributed by atoms with E-state index in [9.17, 15) is 10.1 Å². The zero-order valence-corrected chi connectivity index (χ0v) is 16.6. The van der Waals surface area contributed by atoms with Gasteiger partial charge in [0.1, 0.15) is 17.4 Å². The molecule has 0 aliphatic rings. The van der Waals surface area contributed by atoms with Crippen molar-refractivity contribution < 1.29 is 9.53 Å². The van der Waals surface area contributed by atoms with Gasteiger partial charge in [-0.15, -0.1) is 0 Å². The highest BCUT2D eigenvalue weighted by Crippen LogP contribution is 2.26. The lowest BCUT2D eigenvalue weighted by molar-refractivity contribution is -0.112. The van der Waals surface area contributed by atoms with Gasteiger partial charge in [-0.2, -0.15) is 5.26 Å². The summed E-state index contributed by atoms with van der Waals surface area (Å²) in [5.41, 5.74) is 0.989. The minimum absolute atomic E-state index is 0.100. The number of methoxy groups -OCH3 is 1. The predicted molar refractivity (Wildman–Crippen MR) is 108 cm³/mol. The lowest BCUT2D eigenvalue weighted by atomic mass is 10.2. The lowest BCUT2D eigenvalue weighted by Gasteiger charge is -2.08. The molecule has 8 heteroatoms. The summed E-state index contributed by atoms with van der Waals surface area (Å²) >= 11 is 14.0. The van der Waals surface area contributed by atoms with Crippen LogP contribution in [0.1, 0.15) is 0 Å². The van der Waals surface area contributed by atoms with Crippen LogP contribution >= 0.6 is 45.8 Å². The van der Waals surface area contributed by atoms with E-state index < -0.39 is 5.91 Å². The van der Waals surface area contributed by atoms with Gasteiger partial charge in [0.05, 0.1) is 21.4 Å². The lowest BCUT2D eigenvalue weighted by Crippen LogP contribution is -2.14. The first-order valence-electron chi connectivity index (χ1n) is 6.91. The number of benzene rings is 2. The van der Waals surface area contributed by atoms with E-state index in [0.717, 1.165) is 15.0 Å². The van der Waals surface area contributed by atoms with Gasteiger partial charge in [-0.1, -0.05) is 23.2 Å². The molecule has 0 fully saturated rings. The molecule has 2 N–H and O–H groups in total. The Bertz CT molecular complexity index is 879. The van der Waals surface area contributed by atoms with Crippen molar-refractivity contribution in [1.82, 2.24) is 0 Å². The maximum absolute atomic E-state index is 12.2. The number of amides is 1. The molecule has 0 spiro atoms. The zero-order valence-electron chi connectivity index (χ0n) is 12.9. The second-order valence-electron chi connectivity index (χ2n) is 4.74. The first-order chi connectivity index (χ1) is 11.9. The molecule has 128 valence electrons. The largest absolute Gasteiger partial charge is 0.496 e. The van der Waals surface area contributed by atoms with Crippen LogP contribution in [0.15, 0.2) is 48.2 Å². The highest BCUT2D eigenvalue weighted by Gasteiger charge is 2.11. The van der Waals surface area contributed by atoms with Crippen LogP contribution in [0, 0.1) is 14.9 Å². The van der Waals surface area contributed by atoms with Crippen molar-refractivity contribution in [2.24, 2.45) is 0 Å². The Morgan fingerprint density at radius 1 is 1.28 bits per heavy atom. The van der Waals surface area contributed by atoms with Crippen molar-refractivity contribution >= 4 is 63.1 Å². The van der Waals surface area contributed by atoms with Crippen molar-refractivity contribution in [3.05, 3.63) is 61.8 Å². The van der Waals surface area contributed by atoms with Crippen molar-refractivity contribution in [3.8, 4) is 11.8 Å². The van der Waals surface area contributed by atoms with Gasteiger partial charge in [0.15, 0.2) is 0 Å². The van der Waals surface area contributed by atoms with Gasteiger partial charge < -0.3 is 15.4 Å². The molecule has 0 atom stereocenters. The minimum Gasteiger partial charge on any atom is -0.496 e. The van der Waals surface area contributed by atoms with Gasteiger partial charge in [0, 0.05) is 16.9 Å². The number of rotatable bonds is 5. The molecule has 0 bridgehead atoms. The van der Waals surface area contributed by atoms with Crippen LogP contribution in [-0.4, -0.2) is 13.0 Å². The number of hydrogen-bond donors (Lipinski definition) is 2. The van der Waals surface area contributed by atoms with Crippen molar-refractivity contribution in [2.45, 2.75) is 0 Å². The Morgan fingerprint density at radius 3 is 2.64 bits per heavy atom. The van der Waals surface area contributed by atoms with E-state index in [0.29, 0.717) is 10.7 Å². The number of ether oxygens (including phenoxy) is 1. The summed E-state index contributed by atoms with van der Waals surface area (Å²) in [4.78, 5) is 12.2. The molecule has 0 unspecified atom stereocenters. The third kappa shape index (κ3) is 5.26. The fraction of sp³-hybridized carbons (Fsp3) is 0.0588. The molecule has 1 amide bonds. The normalized spacial score (nSPS) is 10.8. The number of anilines is 2. The van der Waals surface area contributed by atoms with Crippen molar-refractivity contribution in [3.63, 3.8) is 0 Å². The molecular weight excluding hydrogens is 476 g/mol. The van der Waals surface area contributed by atoms with Gasteiger partial charge in [-0.3, -0.25) is 4.79 Å². The molecule has 2 aromatic rings. The number of halogens is 3. The quantitative estimate of drug-likeness (QED) is 0.351. The Labute approximate surface area is 168 Å². The van der Waals surface area contributed by atoms with Gasteiger partial charge in [-0.05, 0) is 59.0 Å². The number of carbonyl (C=O) groups is 1. The molecule has 0 heterocycles. The highest BCUT2D eigenvalue weighted by atomic mass is 127. The Kier molecular flexibility index (Phi) is 6.93. The highest BCUT2D eigenvalue weighted by molar-refractivity contribution is 14.1. The monoisotopic (exact) mass is 487 g/mol. The standard InChI is InChI=1S/C17H12Cl2IN3O2/c1-25-16-5-3-12(7-14(16)20)22-9-10(8-21)17(24)23-15-4-2-11(18)6-13(15)19/h2-7,9,22H,1H3,(H,23,24)/b10-9+. The number of hydrogen-bond acceptors (Lipinski definition) is 4. The SMILES string of the molecule is COc1ccc(N/C=C(\C#N)C(=O)Nc2ccc(Cl)cc2Cl)cc1I. The molecule has 25 heavy (non-hydrogen) atoms. The summed E-state index contributed by atoms with van der Waals surface area (Å²) in [5, 5.41) is 15.4. The maximum atomic E-state index is 12.2. The van der Waals surface area contributed by atoms with Gasteiger partial charge >= 0.3 is 0 Å². The molecule has 2 aromatic carbocycles. The summed E-state index contributed by atoms with van der Waals surface area (Å²) < 4.78 is 6.08. The number of nitrogens with one attached hydrogen (secondary N) is 2. The molecule has 0 saturated heterocycles. The second kappa shape index (κ2) is 8.94. The molecule has 0 aliphatic carbocycles. The molecular formula is C17H12Cl2IN3O2. The first-order valence-corrected chi connectivity index (χ1v) is 8.75. The number of carbonyl (C=O) groups excluding carboxylic acids is 1. The van der Waals surface area contributed by atoms with Gasteiger partial charge in [0.2, 0.25) is 0 Å². The van der Waals surface area contributed by atoms with Crippen LogP contribution in [0.4, 0.5) is 11.4 Å². The summed E-state index contributed by atoms with van der Waals surface area (Å²) in [6, 6.07) is 11.9. The molecule has 0 aliphatic heterocycles. The second-order valence-corrected chi connectivity index (χ2v) is 6.75. The Morgan fingerprint density at radius 2 is 2.04 bits per heavy atom. The average Bonchev–Trinajstić information content (AvgIpc) is 2.58. The van der Waals surface area contributed by atoms with Crippen LogP contribution in [0.3, 0.4) is 0 Å². The van der Waals surface area contributed by atoms with Crippen molar-refractivity contribution in [1.29, 1.82) is 5.26 Å². The molecule has 2 rings (SSSR count). The maximum Gasteiger partial charge on any atom is 0.267 e. The third-order valence-corrected chi connectivity index (χ3v) is 4.47. The Hall–Kier alpha value is -1.95. The number of nitriles is 1. The summed E-state index contributed by atoms with van der Waals surface area (Å²) in [5.74, 6) is 0.160. The van der Waals surface area contributed by atoms with E-state index in [2.05, 4.69) is 33.2 Å². The van der Waals surface area contributed by atoms with Crippen LogP contribution in [0.5, 0.6) is 5.75 Å². The molecule has 5 nitrogen and oxygen atoms in total. The average molecular weight is 488 g/mol. The van der Waals surface area contributed by atoms with Crippen LogP contribution in [0.2, 0.25) is 10.0 Å². The molecule has 0 saturated carbocycles. The fourth-order valence-electron chi connectivity index (χ4n) is 1.84. The molecule has 0 aromatic heterocycles. The third-order valence-electron chi connectivity index (χ3n) is 3.08.